The zero-order valence-corrected chi connectivity index (χ0v) is 22.6. The van der Waals surface area contributed by atoms with Crippen molar-refractivity contribution in [3.8, 4) is 5.75 Å². The van der Waals surface area contributed by atoms with Gasteiger partial charge in [-0.05, 0) is 61.7 Å². The van der Waals surface area contributed by atoms with Crippen molar-refractivity contribution >= 4 is 35.0 Å². The predicted octanol–water partition coefficient (Wildman–Crippen LogP) is 6.10. The molecule has 3 aromatic carbocycles. The molecule has 1 atom stereocenters. The van der Waals surface area contributed by atoms with Crippen molar-refractivity contribution in [1.82, 2.24) is 10.2 Å². The summed E-state index contributed by atoms with van der Waals surface area (Å²) in [7, 11) is 1.59. The molecule has 7 heteroatoms. The molecular weight excluding hydrogens is 495 g/mol. The Bertz CT molecular complexity index is 1170. The van der Waals surface area contributed by atoms with Gasteiger partial charge in [0.2, 0.25) is 11.8 Å². The maximum atomic E-state index is 13.9. The molecule has 1 unspecified atom stereocenters. The molecular formula is C29H32Cl2N2O3. The quantitative estimate of drug-likeness (QED) is 0.366. The molecule has 0 aliphatic rings. The summed E-state index contributed by atoms with van der Waals surface area (Å²) in [5.74, 6) is 0.193. The Morgan fingerprint density at radius 3 is 2.14 bits per heavy atom. The first-order chi connectivity index (χ1) is 17.1. The number of nitrogens with zero attached hydrogens (tertiary/aromatic N) is 1. The van der Waals surface area contributed by atoms with Crippen molar-refractivity contribution in [2.75, 3.05) is 7.11 Å². The Balaban J connectivity index is 2.04. The summed E-state index contributed by atoms with van der Waals surface area (Å²) in [6.07, 6.45) is 0.325. The molecule has 3 rings (SSSR count). The molecule has 1 N–H and O–H groups in total. The first-order valence-corrected chi connectivity index (χ1v) is 12.5. The zero-order chi connectivity index (χ0) is 26.3. The van der Waals surface area contributed by atoms with Gasteiger partial charge < -0.3 is 15.0 Å². The number of benzene rings is 3. The van der Waals surface area contributed by atoms with Crippen LogP contribution in [0, 0.1) is 0 Å². The third-order valence-electron chi connectivity index (χ3n) is 5.65. The van der Waals surface area contributed by atoms with Crippen LogP contribution in [0.3, 0.4) is 0 Å². The van der Waals surface area contributed by atoms with E-state index in [0.717, 1.165) is 11.1 Å². The lowest BCUT2D eigenvalue weighted by atomic mass is 9.99. The van der Waals surface area contributed by atoms with Gasteiger partial charge in [-0.2, -0.15) is 0 Å². The SMILES string of the molecule is COc1cccc(CN(C(=O)Cc2c(Cl)cccc2Cl)C(Cc2ccccc2)C(=O)NC(C)(C)C)c1. The number of nitrogens with one attached hydrogen (secondary N) is 1. The van der Waals surface area contributed by atoms with Gasteiger partial charge in [0.15, 0.2) is 0 Å². The topological polar surface area (TPSA) is 58.6 Å². The van der Waals surface area contributed by atoms with Gasteiger partial charge in [-0.25, -0.2) is 0 Å². The number of hydrogen-bond donors (Lipinski definition) is 1. The van der Waals surface area contributed by atoms with Crippen LogP contribution in [-0.4, -0.2) is 35.4 Å². The fourth-order valence-corrected chi connectivity index (χ4v) is 4.46. The average Bonchev–Trinajstić information content (AvgIpc) is 2.83. The second kappa shape index (κ2) is 12.3. The average molecular weight is 527 g/mol. The van der Waals surface area contributed by atoms with E-state index >= 15 is 0 Å². The van der Waals surface area contributed by atoms with Crippen molar-refractivity contribution in [3.63, 3.8) is 0 Å². The van der Waals surface area contributed by atoms with Gasteiger partial charge in [-0.1, -0.05) is 71.7 Å². The molecule has 190 valence electrons. The Morgan fingerprint density at radius 2 is 1.53 bits per heavy atom. The van der Waals surface area contributed by atoms with E-state index in [1.54, 1.807) is 30.2 Å². The van der Waals surface area contributed by atoms with Crippen LogP contribution in [-0.2, 0) is 29.0 Å². The molecule has 0 aromatic heterocycles. The highest BCUT2D eigenvalue weighted by Gasteiger charge is 2.32. The maximum Gasteiger partial charge on any atom is 0.243 e. The summed E-state index contributed by atoms with van der Waals surface area (Å²) >= 11 is 12.8. The van der Waals surface area contributed by atoms with Crippen LogP contribution >= 0.6 is 23.2 Å². The monoisotopic (exact) mass is 526 g/mol. The summed E-state index contributed by atoms with van der Waals surface area (Å²) < 4.78 is 5.38. The molecule has 0 saturated heterocycles. The first-order valence-electron chi connectivity index (χ1n) is 11.8. The van der Waals surface area contributed by atoms with Gasteiger partial charge in [0, 0.05) is 28.5 Å². The minimum atomic E-state index is -0.758. The largest absolute Gasteiger partial charge is 0.497 e. The van der Waals surface area contributed by atoms with Gasteiger partial charge in [0.25, 0.3) is 0 Å². The predicted molar refractivity (Wildman–Crippen MR) is 146 cm³/mol. The minimum Gasteiger partial charge on any atom is -0.497 e. The summed E-state index contributed by atoms with van der Waals surface area (Å²) in [4.78, 5) is 29.1. The molecule has 0 saturated carbocycles. The van der Waals surface area contributed by atoms with Crippen LogP contribution in [0.4, 0.5) is 0 Å². The molecule has 0 aliphatic heterocycles. The Morgan fingerprint density at radius 1 is 0.917 bits per heavy atom. The number of methoxy groups -OCH3 is 1. The summed E-state index contributed by atoms with van der Waals surface area (Å²) in [5, 5.41) is 3.89. The number of rotatable bonds is 9. The first kappa shape index (κ1) is 27.6. The molecule has 0 heterocycles. The van der Waals surface area contributed by atoms with Crippen LogP contribution in [0.1, 0.15) is 37.5 Å². The maximum absolute atomic E-state index is 13.9. The zero-order valence-electron chi connectivity index (χ0n) is 21.1. The van der Waals surface area contributed by atoms with Crippen molar-refractivity contribution in [3.05, 3.63) is 99.5 Å². The van der Waals surface area contributed by atoms with E-state index in [4.69, 9.17) is 27.9 Å². The van der Waals surface area contributed by atoms with Crippen LogP contribution in [0.15, 0.2) is 72.8 Å². The molecule has 0 radical (unpaired) electrons. The fraction of sp³-hybridized carbons (Fsp3) is 0.310. The van der Waals surface area contributed by atoms with Gasteiger partial charge >= 0.3 is 0 Å². The Hall–Kier alpha value is -3.02. The standard InChI is InChI=1S/C29H32Cl2N2O3/c1-29(2,3)32-28(35)26(17-20-10-6-5-7-11-20)33(19-21-12-8-13-22(16-21)36-4)27(34)18-23-24(30)14-9-15-25(23)31/h5-16,26H,17-19H2,1-4H3,(H,32,35). The van der Waals surface area contributed by atoms with Gasteiger partial charge in [-0.15, -0.1) is 0 Å². The van der Waals surface area contributed by atoms with Crippen molar-refractivity contribution in [1.29, 1.82) is 0 Å². The molecule has 3 aromatic rings. The van der Waals surface area contributed by atoms with Crippen LogP contribution in [0.5, 0.6) is 5.75 Å². The number of amides is 2. The second-order valence-corrected chi connectivity index (χ2v) is 10.5. The number of hydrogen-bond acceptors (Lipinski definition) is 3. The van der Waals surface area contributed by atoms with E-state index in [9.17, 15) is 9.59 Å². The molecule has 0 fully saturated rings. The van der Waals surface area contributed by atoms with Gasteiger partial charge in [0.05, 0.1) is 13.5 Å². The molecule has 5 nitrogen and oxygen atoms in total. The highest BCUT2D eigenvalue weighted by atomic mass is 35.5. The number of carbonyl (C=O) groups excluding carboxylic acids is 2. The summed E-state index contributed by atoms with van der Waals surface area (Å²) in [6.45, 7) is 5.97. The molecule has 2 amide bonds. The van der Waals surface area contributed by atoms with Crippen LogP contribution in [0.2, 0.25) is 10.0 Å². The number of ether oxygens (including phenoxy) is 1. The molecule has 36 heavy (non-hydrogen) atoms. The minimum absolute atomic E-state index is 0.0312. The highest BCUT2D eigenvalue weighted by molar-refractivity contribution is 6.36. The number of halogens is 2. The van der Waals surface area contributed by atoms with E-state index in [1.165, 1.54) is 0 Å². The third-order valence-corrected chi connectivity index (χ3v) is 6.35. The third kappa shape index (κ3) is 7.74. The van der Waals surface area contributed by atoms with E-state index in [1.807, 2.05) is 75.4 Å². The lowest BCUT2D eigenvalue weighted by Gasteiger charge is -2.34. The summed E-state index contributed by atoms with van der Waals surface area (Å²) in [6, 6.07) is 21.5. The lowest BCUT2D eigenvalue weighted by Crippen LogP contribution is -2.54. The van der Waals surface area contributed by atoms with E-state index < -0.39 is 11.6 Å². The normalized spacial score (nSPS) is 12.1. The van der Waals surface area contributed by atoms with Crippen LogP contribution < -0.4 is 10.1 Å². The van der Waals surface area contributed by atoms with Crippen molar-refractivity contribution in [2.24, 2.45) is 0 Å². The van der Waals surface area contributed by atoms with Gasteiger partial charge in [0.1, 0.15) is 11.8 Å². The van der Waals surface area contributed by atoms with Crippen LogP contribution in [0.25, 0.3) is 0 Å². The Labute approximate surface area is 223 Å². The fourth-order valence-electron chi connectivity index (χ4n) is 3.93. The molecule has 0 bridgehead atoms. The summed E-state index contributed by atoms with van der Waals surface area (Å²) in [5.41, 5.74) is 1.86. The molecule has 0 aliphatic carbocycles. The van der Waals surface area contributed by atoms with E-state index in [2.05, 4.69) is 5.32 Å². The second-order valence-electron chi connectivity index (χ2n) is 9.69. The lowest BCUT2D eigenvalue weighted by molar-refractivity contribution is -0.141. The van der Waals surface area contributed by atoms with E-state index in [-0.39, 0.29) is 24.8 Å². The highest BCUT2D eigenvalue weighted by Crippen LogP contribution is 2.27. The van der Waals surface area contributed by atoms with Crippen molar-refractivity contribution in [2.45, 2.75) is 51.7 Å². The van der Waals surface area contributed by atoms with Gasteiger partial charge in [-0.3, -0.25) is 9.59 Å². The smallest absolute Gasteiger partial charge is 0.243 e. The molecule has 0 spiro atoms. The van der Waals surface area contributed by atoms with E-state index in [0.29, 0.717) is 27.8 Å². The Kier molecular flexibility index (Phi) is 9.41. The number of carbonyl (C=O) groups is 2. The van der Waals surface area contributed by atoms with Crippen molar-refractivity contribution < 1.29 is 14.3 Å².